The van der Waals surface area contributed by atoms with E-state index in [1.165, 1.54) is 14.0 Å². The number of carbonyl (C=O) groups excluding carboxylic acids is 5. The number of nitrogens with one attached hydrogen (secondary N) is 4. The molecule has 1 aliphatic heterocycles. The maximum Gasteiger partial charge on any atom is 0.255 e. The Morgan fingerprint density at radius 3 is 2.06 bits per heavy atom. The van der Waals surface area contributed by atoms with Crippen LogP contribution >= 0.6 is 0 Å². The summed E-state index contributed by atoms with van der Waals surface area (Å²) in [5, 5.41) is 19.9. The molecule has 0 saturated heterocycles. The summed E-state index contributed by atoms with van der Waals surface area (Å²) in [4.78, 5) is 81.4. The number of hydrogen-bond acceptors (Lipinski definition) is 14. The van der Waals surface area contributed by atoms with Crippen LogP contribution in [0.2, 0.25) is 0 Å². The molecular weight excluding hydrogens is 871 g/mol. The van der Waals surface area contributed by atoms with Gasteiger partial charge in [0.05, 0.1) is 36.2 Å². The number of ether oxygens (including phenoxy) is 3. The van der Waals surface area contributed by atoms with Gasteiger partial charge in [-0.2, -0.15) is 5.26 Å². The second-order valence-electron chi connectivity index (χ2n) is 17.4. The van der Waals surface area contributed by atoms with Crippen molar-refractivity contribution >= 4 is 29.5 Å². The highest BCUT2D eigenvalue weighted by atomic mass is 16.5. The second-order valence-corrected chi connectivity index (χ2v) is 17.4. The SMILES string of the molecule is Cc1nc(-c2ccc(C(C)(C)C)cc2)nc(C)c1C(=O)NC(COCCN)C(=O)N(C)[C@@H]1C(=O)N[C@@H](C)C(=O)N[C@H](C(=O)NCC#N)Cc2ccc(OCCN)c(c2)-c2cc1ccc2OCCN. The van der Waals surface area contributed by atoms with Gasteiger partial charge < -0.3 is 57.6 Å². The molecule has 4 aromatic rings. The zero-order valence-electron chi connectivity index (χ0n) is 39.7. The first-order valence-electron chi connectivity index (χ1n) is 22.4. The van der Waals surface area contributed by atoms with E-state index in [1.807, 2.05) is 30.3 Å². The average Bonchev–Trinajstić information content (AvgIpc) is 3.30. The predicted molar refractivity (Wildman–Crippen MR) is 255 cm³/mol. The van der Waals surface area contributed by atoms with Gasteiger partial charge in [0.15, 0.2) is 5.82 Å². The molecule has 1 aliphatic rings. The Morgan fingerprint density at radius 1 is 0.868 bits per heavy atom. The second kappa shape index (κ2) is 23.7. The lowest BCUT2D eigenvalue weighted by Gasteiger charge is -2.32. The summed E-state index contributed by atoms with van der Waals surface area (Å²) >= 11 is 0. The summed E-state index contributed by atoms with van der Waals surface area (Å²) in [6, 6.07) is 14.7. The van der Waals surface area contributed by atoms with E-state index in [-0.39, 0.29) is 70.0 Å². The Balaban J connectivity index is 1.59. The van der Waals surface area contributed by atoms with Crippen molar-refractivity contribution in [3.8, 4) is 40.1 Å². The van der Waals surface area contributed by atoms with Crippen molar-refractivity contribution in [1.29, 1.82) is 5.26 Å². The van der Waals surface area contributed by atoms with Crippen molar-refractivity contribution < 1.29 is 38.2 Å². The fraction of sp³-hybridized carbons (Fsp3) is 0.429. The van der Waals surface area contributed by atoms with Crippen LogP contribution < -0.4 is 47.9 Å². The van der Waals surface area contributed by atoms with Crippen LogP contribution in [0, 0.1) is 25.2 Å². The van der Waals surface area contributed by atoms with Crippen LogP contribution in [0.3, 0.4) is 0 Å². The van der Waals surface area contributed by atoms with Crippen molar-refractivity contribution in [3.05, 3.63) is 94.3 Å². The molecular formula is C49H63N11O8. The minimum absolute atomic E-state index is 0.00745. The van der Waals surface area contributed by atoms with Gasteiger partial charge in [-0.15, -0.1) is 0 Å². The fourth-order valence-electron chi connectivity index (χ4n) is 7.69. The molecule has 0 saturated carbocycles. The number of aryl methyl sites for hydroxylation is 2. The van der Waals surface area contributed by atoms with Gasteiger partial charge in [-0.1, -0.05) is 57.2 Å². The quantitative estimate of drug-likeness (QED) is 0.0588. The van der Waals surface area contributed by atoms with Crippen LogP contribution in [-0.4, -0.2) is 122 Å². The summed E-state index contributed by atoms with van der Waals surface area (Å²) in [6.45, 7) is 11.3. The zero-order chi connectivity index (χ0) is 49.7. The molecule has 0 spiro atoms. The number of nitrogens with zero attached hydrogens (tertiary/aromatic N) is 4. The molecule has 10 N–H and O–H groups in total. The lowest BCUT2D eigenvalue weighted by atomic mass is 9.86. The number of fused-ring (bicyclic) bond motifs is 5. The largest absolute Gasteiger partial charge is 0.492 e. The Morgan fingerprint density at radius 2 is 1.47 bits per heavy atom. The number of rotatable bonds is 17. The van der Waals surface area contributed by atoms with Crippen LogP contribution in [0.15, 0.2) is 60.7 Å². The van der Waals surface area contributed by atoms with Gasteiger partial charge in [0, 0.05) is 49.8 Å². The van der Waals surface area contributed by atoms with Crippen molar-refractivity contribution in [3.63, 3.8) is 0 Å². The van der Waals surface area contributed by atoms with Crippen LogP contribution in [0.1, 0.15) is 72.2 Å². The maximum atomic E-state index is 14.9. The standard InChI is InChI=1S/C49H63N11O8/c1-28-41(29(2)56-43(55-28)32-9-12-34(13-10-32)49(4,5)6)46(63)59-38(27-66-21-17-51)48(65)60(7)42-33-11-15-40(68-23-19-53)36(26-33)35-24-31(8-14-39(35)67-22-18-52)25-37(45(62)54-20-16-50)58-44(61)30(3)57-47(42)64/h8-15,24,26,30,37-38,42H,17-23,25,27,51-53H2,1-7H3,(H,54,62)(H,57,64)(H,58,61)(H,59,63)/t30-,37-,38?,42-/m0/s1. The molecule has 19 nitrogen and oxygen atoms in total. The van der Waals surface area contributed by atoms with Gasteiger partial charge >= 0.3 is 0 Å². The minimum atomic E-state index is -1.45. The third-order valence-corrected chi connectivity index (χ3v) is 11.2. The highest BCUT2D eigenvalue weighted by Crippen LogP contribution is 2.40. The van der Waals surface area contributed by atoms with E-state index in [9.17, 15) is 29.2 Å². The summed E-state index contributed by atoms with van der Waals surface area (Å²) in [6.07, 6.45) is -0.00745. The third kappa shape index (κ3) is 12.9. The van der Waals surface area contributed by atoms with Gasteiger partial charge in [-0.05, 0) is 67.1 Å². The van der Waals surface area contributed by atoms with Crippen molar-refractivity contribution in [1.82, 2.24) is 36.1 Å². The van der Waals surface area contributed by atoms with E-state index in [1.54, 1.807) is 50.2 Å². The lowest BCUT2D eigenvalue weighted by molar-refractivity contribution is -0.142. The molecule has 19 heteroatoms. The minimum Gasteiger partial charge on any atom is -0.492 e. The Bertz CT molecular complexity index is 2480. The van der Waals surface area contributed by atoms with E-state index >= 15 is 0 Å². The predicted octanol–water partition coefficient (Wildman–Crippen LogP) is 1.86. The zero-order valence-corrected chi connectivity index (χ0v) is 39.7. The molecule has 362 valence electrons. The summed E-state index contributed by atoms with van der Waals surface area (Å²) in [5.74, 6) is -2.32. The molecule has 2 heterocycles. The first-order valence-corrected chi connectivity index (χ1v) is 22.4. The van der Waals surface area contributed by atoms with E-state index in [2.05, 4.69) is 52.0 Å². The van der Waals surface area contributed by atoms with Gasteiger partial charge in [0.1, 0.15) is 55.4 Å². The maximum absolute atomic E-state index is 14.9. The van der Waals surface area contributed by atoms with Crippen LogP contribution in [0.5, 0.6) is 11.5 Å². The first-order chi connectivity index (χ1) is 32.4. The van der Waals surface area contributed by atoms with E-state index in [4.69, 9.17) is 31.4 Å². The number of hydrogen-bond donors (Lipinski definition) is 7. The Hall–Kier alpha value is -6.98. The van der Waals surface area contributed by atoms with Crippen LogP contribution in [0.25, 0.3) is 22.5 Å². The number of carbonyl (C=O) groups is 5. The van der Waals surface area contributed by atoms with Crippen LogP contribution in [-0.2, 0) is 35.8 Å². The van der Waals surface area contributed by atoms with Gasteiger partial charge in [0.25, 0.3) is 5.91 Å². The topological polar surface area (TPSA) is 292 Å². The summed E-state index contributed by atoms with van der Waals surface area (Å²) < 4.78 is 18.0. The van der Waals surface area contributed by atoms with E-state index in [0.29, 0.717) is 51.0 Å². The van der Waals surface area contributed by atoms with Gasteiger partial charge in [-0.25, -0.2) is 9.97 Å². The molecule has 0 aliphatic carbocycles. The number of likely N-dealkylation sites (N-methyl/N-ethyl adjacent to an activating group) is 1. The van der Waals surface area contributed by atoms with Crippen molar-refractivity contribution in [2.75, 3.05) is 59.7 Å². The molecule has 1 unspecified atom stereocenters. The van der Waals surface area contributed by atoms with Gasteiger partial charge in [0.2, 0.25) is 23.6 Å². The number of benzene rings is 3. The molecule has 1 aromatic heterocycles. The normalized spacial score (nSPS) is 16.5. The van der Waals surface area contributed by atoms with Crippen LogP contribution in [0.4, 0.5) is 0 Å². The molecule has 5 rings (SSSR count). The van der Waals surface area contributed by atoms with Crippen molar-refractivity contribution in [2.45, 2.75) is 77.5 Å². The third-order valence-electron chi connectivity index (χ3n) is 11.2. The number of nitrogens with two attached hydrogens (primary N) is 3. The van der Waals surface area contributed by atoms with Gasteiger partial charge in [-0.3, -0.25) is 24.0 Å². The molecule has 0 radical (unpaired) electrons. The van der Waals surface area contributed by atoms with E-state index < -0.39 is 53.7 Å². The number of amides is 5. The lowest BCUT2D eigenvalue weighted by Crippen LogP contribution is -2.56. The smallest absolute Gasteiger partial charge is 0.255 e. The fourth-order valence-corrected chi connectivity index (χ4v) is 7.69. The molecule has 4 bridgehead atoms. The highest BCUT2D eigenvalue weighted by molar-refractivity contribution is 6.00. The first kappa shape index (κ1) is 52.0. The molecule has 5 amide bonds. The summed E-state index contributed by atoms with van der Waals surface area (Å²) in [7, 11) is 1.40. The Labute approximate surface area is 396 Å². The molecule has 4 atom stereocenters. The molecule has 68 heavy (non-hydrogen) atoms. The number of nitriles is 1. The average molecular weight is 934 g/mol. The monoisotopic (exact) mass is 933 g/mol. The highest BCUT2D eigenvalue weighted by Gasteiger charge is 2.37. The molecule has 3 aromatic carbocycles. The molecule has 0 fully saturated rings. The number of aromatic nitrogens is 2. The van der Waals surface area contributed by atoms with Crippen molar-refractivity contribution in [2.24, 2.45) is 17.2 Å². The Kier molecular flexibility index (Phi) is 18.1. The summed E-state index contributed by atoms with van der Waals surface area (Å²) in [5.41, 5.74) is 22.0. The van der Waals surface area contributed by atoms with E-state index in [0.717, 1.165) is 16.0 Å².